The third-order valence-corrected chi connectivity index (χ3v) is 6.51. The van der Waals surface area contributed by atoms with Crippen LogP contribution < -0.4 is 5.32 Å². The van der Waals surface area contributed by atoms with Gasteiger partial charge in [0, 0.05) is 11.9 Å². The Morgan fingerprint density at radius 1 is 1.30 bits per heavy atom. The SMILES string of the molecule is O=C(O)[C@@H]1CC(S(=O)(=O)c2ccc3cc(Cl)nc(Cl)c3c2)CN1. The van der Waals surface area contributed by atoms with Crippen molar-refractivity contribution in [1.82, 2.24) is 10.3 Å². The van der Waals surface area contributed by atoms with Crippen molar-refractivity contribution in [3.63, 3.8) is 0 Å². The molecule has 2 aromatic rings. The van der Waals surface area contributed by atoms with Crippen molar-refractivity contribution < 1.29 is 18.3 Å². The Bertz CT molecular complexity index is 901. The Morgan fingerprint density at radius 3 is 2.70 bits per heavy atom. The topological polar surface area (TPSA) is 96.4 Å². The second-order valence-corrected chi connectivity index (χ2v) is 8.29. The van der Waals surface area contributed by atoms with Crippen molar-refractivity contribution >= 4 is 49.8 Å². The molecule has 1 saturated heterocycles. The summed E-state index contributed by atoms with van der Waals surface area (Å²) < 4.78 is 25.4. The van der Waals surface area contributed by atoms with Crippen molar-refractivity contribution in [1.29, 1.82) is 0 Å². The summed E-state index contributed by atoms with van der Waals surface area (Å²) in [4.78, 5) is 15.0. The molecule has 23 heavy (non-hydrogen) atoms. The Hall–Kier alpha value is -1.41. The molecular formula is C14H12Cl2N2O4S. The van der Waals surface area contributed by atoms with E-state index in [1.165, 1.54) is 12.1 Å². The molecule has 1 aromatic heterocycles. The Morgan fingerprint density at radius 2 is 2.04 bits per heavy atom. The first kappa shape index (κ1) is 16.4. The first-order valence-electron chi connectivity index (χ1n) is 6.75. The molecule has 1 fully saturated rings. The van der Waals surface area contributed by atoms with Crippen LogP contribution in [0.2, 0.25) is 10.3 Å². The van der Waals surface area contributed by atoms with E-state index in [0.29, 0.717) is 10.8 Å². The number of carboxylic acids is 1. The molecular weight excluding hydrogens is 363 g/mol. The van der Waals surface area contributed by atoms with Gasteiger partial charge in [0.2, 0.25) is 0 Å². The lowest BCUT2D eigenvalue weighted by Crippen LogP contribution is -2.30. The molecule has 0 amide bonds. The first-order chi connectivity index (χ1) is 10.8. The van der Waals surface area contributed by atoms with Crippen LogP contribution in [0.4, 0.5) is 0 Å². The summed E-state index contributed by atoms with van der Waals surface area (Å²) in [6, 6.07) is 5.28. The first-order valence-corrected chi connectivity index (χ1v) is 9.05. The monoisotopic (exact) mass is 374 g/mol. The van der Waals surface area contributed by atoms with Crippen molar-refractivity contribution in [2.45, 2.75) is 22.6 Å². The second kappa shape index (κ2) is 5.90. The number of fused-ring (bicyclic) bond motifs is 1. The summed E-state index contributed by atoms with van der Waals surface area (Å²) in [6.45, 7) is 0.101. The van der Waals surface area contributed by atoms with Crippen LogP contribution in [-0.4, -0.2) is 42.3 Å². The molecule has 3 rings (SSSR count). The molecule has 0 spiro atoms. The maximum Gasteiger partial charge on any atom is 0.320 e. The lowest BCUT2D eigenvalue weighted by molar-refractivity contribution is -0.139. The highest BCUT2D eigenvalue weighted by molar-refractivity contribution is 7.92. The molecule has 2 N–H and O–H groups in total. The molecule has 122 valence electrons. The van der Waals surface area contributed by atoms with Crippen LogP contribution in [-0.2, 0) is 14.6 Å². The number of halogens is 2. The van der Waals surface area contributed by atoms with Crippen LogP contribution in [0.5, 0.6) is 0 Å². The predicted molar refractivity (Wildman–Crippen MR) is 86.8 cm³/mol. The van der Waals surface area contributed by atoms with Crippen LogP contribution in [0.3, 0.4) is 0 Å². The van der Waals surface area contributed by atoms with Gasteiger partial charge in [-0.2, -0.15) is 0 Å². The highest BCUT2D eigenvalue weighted by atomic mass is 35.5. The number of nitrogens with one attached hydrogen (secondary N) is 1. The van der Waals surface area contributed by atoms with E-state index in [4.69, 9.17) is 28.3 Å². The minimum atomic E-state index is -3.67. The van der Waals surface area contributed by atoms with Gasteiger partial charge in [-0.15, -0.1) is 0 Å². The predicted octanol–water partition coefficient (Wildman–Crippen LogP) is 2.13. The zero-order valence-electron chi connectivity index (χ0n) is 11.7. The number of hydrogen-bond donors (Lipinski definition) is 2. The number of benzene rings is 1. The number of aromatic nitrogens is 1. The average molecular weight is 375 g/mol. The summed E-state index contributed by atoms with van der Waals surface area (Å²) >= 11 is 11.9. The third-order valence-electron chi connectivity index (χ3n) is 3.88. The molecule has 1 aromatic carbocycles. The standard InChI is InChI=1S/C14H12Cl2N2O4S/c15-12-3-7-1-2-8(4-10(7)13(16)18-12)23(21,22)9-5-11(14(19)20)17-6-9/h1-4,9,11,17H,5-6H2,(H,19,20)/t9?,11-/m0/s1. The molecule has 1 aliphatic heterocycles. The molecule has 1 unspecified atom stereocenters. The van der Waals surface area contributed by atoms with E-state index in [9.17, 15) is 13.2 Å². The third kappa shape index (κ3) is 3.01. The molecule has 0 saturated carbocycles. The van der Waals surface area contributed by atoms with Crippen LogP contribution in [0.1, 0.15) is 6.42 Å². The Balaban J connectivity index is 2.01. The molecule has 1 aliphatic rings. The average Bonchev–Trinajstić information content (AvgIpc) is 2.97. The fourth-order valence-electron chi connectivity index (χ4n) is 2.65. The number of pyridine rings is 1. The van der Waals surface area contributed by atoms with E-state index in [-0.39, 0.29) is 28.2 Å². The number of hydrogen-bond acceptors (Lipinski definition) is 5. The fraction of sp³-hybridized carbons (Fsp3) is 0.286. The van der Waals surface area contributed by atoms with Gasteiger partial charge in [-0.1, -0.05) is 29.3 Å². The quantitative estimate of drug-likeness (QED) is 0.798. The lowest BCUT2D eigenvalue weighted by Gasteiger charge is -2.12. The van der Waals surface area contributed by atoms with Crippen molar-refractivity contribution in [3.05, 3.63) is 34.6 Å². The second-order valence-electron chi connectivity index (χ2n) is 5.32. The minimum Gasteiger partial charge on any atom is -0.480 e. The van der Waals surface area contributed by atoms with Crippen LogP contribution in [0.15, 0.2) is 29.2 Å². The molecule has 0 bridgehead atoms. The molecule has 6 nitrogen and oxygen atoms in total. The van der Waals surface area contributed by atoms with Gasteiger partial charge in [0.1, 0.15) is 16.3 Å². The van der Waals surface area contributed by atoms with Gasteiger partial charge in [0.05, 0.1) is 10.1 Å². The zero-order chi connectivity index (χ0) is 16.8. The van der Waals surface area contributed by atoms with E-state index < -0.39 is 27.1 Å². The Labute approximate surface area is 142 Å². The van der Waals surface area contributed by atoms with Gasteiger partial charge in [-0.3, -0.25) is 4.79 Å². The van der Waals surface area contributed by atoms with Gasteiger partial charge < -0.3 is 10.4 Å². The number of sulfone groups is 1. The van der Waals surface area contributed by atoms with Crippen LogP contribution >= 0.6 is 23.2 Å². The highest BCUT2D eigenvalue weighted by Gasteiger charge is 2.38. The van der Waals surface area contributed by atoms with E-state index in [0.717, 1.165) is 0 Å². The van der Waals surface area contributed by atoms with E-state index in [1.54, 1.807) is 12.1 Å². The summed E-state index contributed by atoms with van der Waals surface area (Å²) in [5, 5.41) is 12.4. The van der Waals surface area contributed by atoms with Gasteiger partial charge in [0.15, 0.2) is 9.84 Å². The van der Waals surface area contributed by atoms with Gasteiger partial charge in [-0.25, -0.2) is 13.4 Å². The van der Waals surface area contributed by atoms with Crippen molar-refractivity contribution in [2.24, 2.45) is 0 Å². The number of nitrogens with zero attached hydrogens (tertiary/aromatic N) is 1. The Kier molecular flexibility index (Phi) is 4.22. The zero-order valence-corrected chi connectivity index (χ0v) is 14.0. The van der Waals surface area contributed by atoms with Crippen LogP contribution in [0, 0.1) is 0 Å². The largest absolute Gasteiger partial charge is 0.480 e. The highest BCUT2D eigenvalue weighted by Crippen LogP contribution is 2.30. The van der Waals surface area contributed by atoms with E-state index in [1.807, 2.05) is 0 Å². The van der Waals surface area contributed by atoms with E-state index in [2.05, 4.69) is 10.3 Å². The lowest BCUT2D eigenvalue weighted by atomic mass is 10.2. The number of carboxylic acid groups (broad SMARTS) is 1. The van der Waals surface area contributed by atoms with Crippen molar-refractivity contribution in [2.75, 3.05) is 6.54 Å². The molecule has 0 aliphatic carbocycles. The molecule has 2 atom stereocenters. The van der Waals surface area contributed by atoms with Gasteiger partial charge >= 0.3 is 5.97 Å². The normalized spacial score (nSPS) is 21.7. The van der Waals surface area contributed by atoms with E-state index >= 15 is 0 Å². The molecule has 0 radical (unpaired) electrons. The summed E-state index contributed by atoms with van der Waals surface area (Å²) in [6.07, 6.45) is 0.0301. The van der Waals surface area contributed by atoms with Gasteiger partial charge in [-0.05, 0) is 30.0 Å². The maximum atomic E-state index is 12.7. The molecule has 2 heterocycles. The minimum absolute atomic E-state index is 0.0301. The summed E-state index contributed by atoms with van der Waals surface area (Å²) in [5.74, 6) is -1.05. The molecule has 9 heteroatoms. The smallest absolute Gasteiger partial charge is 0.320 e. The number of rotatable bonds is 3. The van der Waals surface area contributed by atoms with Crippen LogP contribution in [0.25, 0.3) is 10.8 Å². The maximum absolute atomic E-state index is 12.7. The number of aliphatic carboxylic acids is 1. The van der Waals surface area contributed by atoms with Gasteiger partial charge in [0.25, 0.3) is 0 Å². The summed E-state index contributed by atoms with van der Waals surface area (Å²) in [5.41, 5.74) is 0. The van der Waals surface area contributed by atoms with Crippen molar-refractivity contribution in [3.8, 4) is 0 Å². The number of carbonyl (C=O) groups is 1. The summed E-state index contributed by atoms with van der Waals surface area (Å²) in [7, 11) is -3.67. The fourth-order valence-corrected chi connectivity index (χ4v) is 4.84.